The summed E-state index contributed by atoms with van der Waals surface area (Å²) in [4.78, 5) is 10.7. The summed E-state index contributed by atoms with van der Waals surface area (Å²) in [6.45, 7) is 2.09. The van der Waals surface area contributed by atoms with Gasteiger partial charge in [0.25, 0.3) is 0 Å². The van der Waals surface area contributed by atoms with Gasteiger partial charge in [-0.3, -0.25) is 4.79 Å². The molecule has 0 saturated carbocycles. The Labute approximate surface area is 78.8 Å². The predicted molar refractivity (Wildman–Crippen MR) is 51.3 cm³/mol. The minimum absolute atomic E-state index is 0.0838. The fraction of sp³-hybridized carbons (Fsp3) is 0.857. The molecule has 13 heavy (non-hydrogen) atoms. The smallest absolute Gasteiger partial charge is 0.233 e. The van der Waals surface area contributed by atoms with Crippen molar-refractivity contribution in [2.45, 2.75) is 6.92 Å². The largest absolute Gasteiger partial charge is 0.358 e. The molecule has 2 N–H and O–H groups in total. The molecule has 0 saturated heterocycles. The van der Waals surface area contributed by atoms with Crippen molar-refractivity contribution in [3.63, 3.8) is 0 Å². The van der Waals surface area contributed by atoms with E-state index in [-0.39, 0.29) is 24.0 Å². The van der Waals surface area contributed by atoms with E-state index in [9.17, 15) is 13.2 Å². The summed E-state index contributed by atoms with van der Waals surface area (Å²) in [6, 6.07) is 0. The van der Waals surface area contributed by atoms with E-state index in [1.165, 1.54) is 7.05 Å². The van der Waals surface area contributed by atoms with Crippen molar-refractivity contribution in [2.24, 2.45) is 0 Å². The Balaban J connectivity index is 3.52. The van der Waals surface area contributed by atoms with Crippen molar-refractivity contribution in [3.05, 3.63) is 0 Å². The molecule has 78 valence electrons. The van der Waals surface area contributed by atoms with Crippen LogP contribution < -0.4 is 10.6 Å². The van der Waals surface area contributed by atoms with Gasteiger partial charge in [-0.2, -0.15) is 0 Å². The lowest BCUT2D eigenvalue weighted by atomic mass is 10.6. The fourth-order valence-electron chi connectivity index (χ4n) is 0.662. The Kier molecular flexibility index (Phi) is 5.65. The van der Waals surface area contributed by atoms with Crippen molar-refractivity contribution >= 4 is 15.7 Å². The fourth-order valence-corrected chi connectivity index (χ4v) is 1.41. The first-order valence-corrected chi connectivity index (χ1v) is 5.95. The van der Waals surface area contributed by atoms with Crippen LogP contribution >= 0.6 is 0 Å². The molecule has 0 bridgehead atoms. The highest BCUT2D eigenvalue weighted by atomic mass is 32.2. The van der Waals surface area contributed by atoms with Gasteiger partial charge in [-0.05, 0) is 0 Å². The summed E-state index contributed by atoms with van der Waals surface area (Å²) < 4.78 is 21.9. The van der Waals surface area contributed by atoms with Gasteiger partial charge < -0.3 is 10.6 Å². The number of nitrogens with one attached hydrogen (secondary N) is 2. The molecule has 0 spiro atoms. The molecule has 0 fully saturated rings. The van der Waals surface area contributed by atoms with E-state index < -0.39 is 9.84 Å². The molecule has 1 amide bonds. The summed E-state index contributed by atoms with van der Waals surface area (Å²) in [5, 5.41) is 5.16. The highest BCUT2D eigenvalue weighted by Gasteiger charge is 2.06. The topological polar surface area (TPSA) is 75.3 Å². The Morgan fingerprint density at radius 1 is 1.38 bits per heavy atom. The van der Waals surface area contributed by atoms with Crippen LogP contribution in [0.3, 0.4) is 0 Å². The number of rotatable bonds is 6. The minimum Gasteiger partial charge on any atom is -0.358 e. The Morgan fingerprint density at radius 2 is 2.00 bits per heavy atom. The molecular weight excluding hydrogens is 192 g/mol. The molecular formula is C7H16N2O3S. The Bertz CT molecular complexity index is 248. The highest BCUT2D eigenvalue weighted by Crippen LogP contribution is 1.86. The van der Waals surface area contributed by atoms with Gasteiger partial charge in [0.2, 0.25) is 5.91 Å². The third-order valence-corrected chi connectivity index (χ3v) is 3.30. The van der Waals surface area contributed by atoms with Gasteiger partial charge >= 0.3 is 0 Å². The van der Waals surface area contributed by atoms with E-state index in [1.807, 2.05) is 0 Å². The molecule has 0 unspecified atom stereocenters. The molecule has 0 aromatic carbocycles. The van der Waals surface area contributed by atoms with Crippen LogP contribution in [0.4, 0.5) is 0 Å². The maximum absolute atomic E-state index is 11.0. The van der Waals surface area contributed by atoms with Crippen LogP contribution in [0, 0.1) is 0 Å². The minimum atomic E-state index is -2.92. The van der Waals surface area contributed by atoms with E-state index >= 15 is 0 Å². The second-order valence-electron chi connectivity index (χ2n) is 2.59. The van der Waals surface area contributed by atoms with Crippen LogP contribution in [0.1, 0.15) is 6.92 Å². The predicted octanol–water partition coefficient (Wildman–Crippen LogP) is -1.24. The first-order valence-electron chi connectivity index (χ1n) is 4.13. The molecule has 0 aromatic rings. The molecule has 0 rings (SSSR count). The average Bonchev–Trinajstić information content (AvgIpc) is 2.12. The lowest BCUT2D eigenvalue weighted by molar-refractivity contribution is -0.119. The summed E-state index contributed by atoms with van der Waals surface area (Å²) in [6.07, 6.45) is 0. The molecule has 6 heteroatoms. The molecule has 0 heterocycles. The van der Waals surface area contributed by atoms with Gasteiger partial charge in [-0.25, -0.2) is 8.42 Å². The van der Waals surface area contributed by atoms with Crippen LogP contribution in [0.25, 0.3) is 0 Å². The first kappa shape index (κ1) is 12.4. The molecule has 0 atom stereocenters. The molecule has 5 nitrogen and oxygen atoms in total. The number of hydrogen-bond acceptors (Lipinski definition) is 4. The van der Waals surface area contributed by atoms with Gasteiger partial charge in [0.05, 0.1) is 12.3 Å². The maximum atomic E-state index is 11.0. The number of carbonyl (C=O) groups is 1. The third kappa shape index (κ3) is 6.53. The van der Waals surface area contributed by atoms with Crippen LogP contribution in [0.2, 0.25) is 0 Å². The lowest BCUT2D eigenvalue weighted by Crippen LogP contribution is -2.34. The van der Waals surface area contributed by atoms with Crippen molar-refractivity contribution in [2.75, 3.05) is 31.6 Å². The van der Waals surface area contributed by atoms with Crippen LogP contribution in [-0.4, -0.2) is 46.0 Å². The van der Waals surface area contributed by atoms with Gasteiger partial charge in [0, 0.05) is 19.3 Å². The summed E-state index contributed by atoms with van der Waals surface area (Å²) in [5.74, 6) is 0.0868. The number of hydrogen-bond donors (Lipinski definition) is 2. The second-order valence-corrected chi connectivity index (χ2v) is 5.06. The normalized spacial score (nSPS) is 11.2. The number of carbonyl (C=O) groups excluding carboxylic acids is 1. The van der Waals surface area contributed by atoms with E-state index in [0.29, 0.717) is 6.54 Å². The van der Waals surface area contributed by atoms with Crippen LogP contribution in [0.5, 0.6) is 0 Å². The molecule has 0 aliphatic rings. The third-order valence-electron chi connectivity index (χ3n) is 1.59. The van der Waals surface area contributed by atoms with Crippen LogP contribution in [0.15, 0.2) is 0 Å². The van der Waals surface area contributed by atoms with E-state index in [4.69, 9.17) is 0 Å². The number of sulfone groups is 1. The molecule has 0 radical (unpaired) electrons. The Hall–Kier alpha value is -0.620. The lowest BCUT2D eigenvalue weighted by Gasteiger charge is -2.03. The van der Waals surface area contributed by atoms with E-state index in [2.05, 4.69) is 10.6 Å². The number of likely N-dealkylation sites (N-methyl/N-ethyl adjacent to an activating group) is 1. The zero-order valence-electron chi connectivity index (χ0n) is 7.96. The average molecular weight is 208 g/mol. The zero-order valence-corrected chi connectivity index (χ0v) is 8.78. The quantitative estimate of drug-likeness (QED) is 0.535. The Morgan fingerprint density at radius 3 is 2.46 bits per heavy atom. The van der Waals surface area contributed by atoms with Gasteiger partial charge in [0.15, 0.2) is 9.84 Å². The highest BCUT2D eigenvalue weighted by molar-refractivity contribution is 7.91. The molecule has 0 aromatic heterocycles. The van der Waals surface area contributed by atoms with Crippen molar-refractivity contribution in [3.8, 4) is 0 Å². The van der Waals surface area contributed by atoms with Gasteiger partial charge in [0.1, 0.15) is 0 Å². The summed E-state index contributed by atoms with van der Waals surface area (Å²) >= 11 is 0. The van der Waals surface area contributed by atoms with Crippen LogP contribution in [-0.2, 0) is 14.6 Å². The van der Waals surface area contributed by atoms with Crippen molar-refractivity contribution in [1.29, 1.82) is 0 Å². The van der Waals surface area contributed by atoms with E-state index in [1.54, 1.807) is 6.92 Å². The molecule has 0 aliphatic heterocycles. The SMILES string of the molecule is CCS(=O)(=O)CCNCC(=O)NC. The van der Waals surface area contributed by atoms with Crippen molar-refractivity contribution < 1.29 is 13.2 Å². The zero-order chi connectivity index (χ0) is 10.3. The summed E-state index contributed by atoms with van der Waals surface area (Å²) in [7, 11) is -1.38. The second kappa shape index (κ2) is 5.93. The number of amides is 1. The van der Waals surface area contributed by atoms with Gasteiger partial charge in [-0.1, -0.05) is 6.92 Å². The summed E-state index contributed by atoms with van der Waals surface area (Å²) in [5.41, 5.74) is 0. The van der Waals surface area contributed by atoms with Crippen molar-refractivity contribution in [1.82, 2.24) is 10.6 Å². The van der Waals surface area contributed by atoms with E-state index in [0.717, 1.165) is 0 Å². The standard InChI is InChI=1S/C7H16N2O3S/c1-3-13(11,12)5-4-9-6-7(10)8-2/h9H,3-6H2,1-2H3,(H,8,10). The van der Waals surface area contributed by atoms with Gasteiger partial charge in [-0.15, -0.1) is 0 Å². The first-order chi connectivity index (χ1) is 6.02. The maximum Gasteiger partial charge on any atom is 0.233 e. The molecule has 0 aliphatic carbocycles. The monoisotopic (exact) mass is 208 g/mol.